The molecule has 0 aliphatic heterocycles. The highest BCUT2D eigenvalue weighted by Gasteiger charge is 2.08. The average molecular weight is 362 g/mol. The monoisotopic (exact) mass is 361 g/mol. The largest absolute Gasteiger partial charge is 0.504 e. The maximum Gasteiger partial charge on any atom is 0.259 e. The molecule has 2 rings (SSSR count). The number of nitrogens with one attached hydrogen (secondary N) is 2. The van der Waals surface area contributed by atoms with Crippen LogP contribution in [0.15, 0.2) is 47.6 Å². The van der Waals surface area contributed by atoms with Crippen LogP contribution in [0.1, 0.15) is 15.9 Å². The van der Waals surface area contributed by atoms with Crippen molar-refractivity contribution in [3.63, 3.8) is 0 Å². The molecule has 0 bridgehead atoms. The molecule has 0 heterocycles. The topological polar surface area (TPSA) is 100 Å². The minimum absolute atomic E-state index is 0.0842. The maximum atomic E-state index is 11.9. The molecule has 0 spiro atoms. The maximum absolute atomic E-state index is 11.9. The molecule has 2 aromatic rings. The number of carbonyl (C=O) groups is 2. The normalized spacial score (nSPS) is 10.5. The lowest BCUT2D eigenvalue weighted by molar-refractivity contribution is -0.120. The molecule has 0 fully saturated rings. The molecule has 2 aromatic carbocycles. The van der Waals surface area contributed by atoms with Crippen LogP contribution in [0.5, 0.6) is 11.5 Å². The molecule has 0 aliphatic carbocycles. The van der Waals surface area contributed by atoms with Gasteiger partial charge in [-0.3, -0.25) is 9.59 Å². The molecule has 0 atom stereocenters. The average Bonchev–Trinajstić information content (AvgIpc) is 2.61. The zero-order chi connectivity index (χ0) is 18.2. The van der Waals surface area contributed by atoms with Gasteiger partial charge in [-0.15, -0.1) is 0 Å². The Bertz CT molecular complexity index is 791. The lowest BCUT2D eigenvalue weighted by Gasteiger charge is -2.05. The van der Waals surface area contributed by atoms with Crippen molar-refractivity contribution >= 4 is 29.6 Å². The van der Waals surface area contributed by atoms with E-state index in [9.17, 15) is 14.7 Å². The van der Waals surface area contributed by atoms with Gasteiger partial charge in [0.25, 0.3) is 11.8 Å². The summed E-state index contributed by atoms with van der Waals surface area (Å²) in [5, 5.41) is 16.6. The van der Waals surface area contributed by atoms with Gasteiger partial charge in [-0.2, -0.15) is 5.10 Å². The number of hydrogen-bond donors (Lipinski definition) is 3. The van der Waals surface area contributed by atoms with Gasteiger partial charge in [-0.05, 0) is 36.4 Å². The quantitative estimate of drug-likeness (QED) is 0.540. The van der Waals surface area contributed by atoms with E-state index < -0.39 is 11.8 Å². The summed E-state index contributed by atoms with van der Waals surface area (Å²) in [6, 6.07) is 11.2. The molecule has 0 saturated heterocycles. The molecule has 0 unspecified atom stereocenters. The summed E-state index contributed by atoms with van der Waals surface area (Å²) in [5.74, 6) is -0.702. The van der Waals surface area contributed by atoms with Crippen molar-refractivity contribution in [3.05, 3.63) is 58.6 Å². The SMILES string of the molecule is COc1cccc(/C=N\NC(=O)CNC(=O)c2ccc(Cl)cc2)c1O. The third-order valence-electron chi connectivity index (χ3n) is 3.16. The van der Waals surface area contributed by atoms with E-state index in [4.69, 9.17) is 16.3 Å². The van der Waals surface area contributed by atoms with Crippen LogP contribution in [-0.4, -0.2) is 36.8 Å². The summed E-state index contributed by atoms with van der Waals surface area (Å²) in [7, 11) is 1.43. The Morgan fingerprint density at radius 1 is 1.24 bits per heavy atom. The molecular weight excluding hydrogens is 346 g/mol. The van der Waals surface area contributed by atoms with Gasteiger partial charge >= 0.3 is 0 Å². The van der Waals surface area contributed by atoms with Gasteiger partial charge in [-0.25, -0.2) is 5.43 Å². The minimum atomic E-state index is -0.513. The lowest BCUT2D eigenvalue weighted by Crippen LogP contribution is -2.34. The number of aromatic hydroxyl groups is 1. The standard InChI is InChI=1S/C17H16ClN3O4/c1-25-14-4-2-3-12(16(14)23)9-20-21-15(22)10-19-17(24)11-5-7-13(18)8-6-11/h2-9,23H,10H2,1H3,(H,19,24)(H,21,22)/b20-9-. The highest BCUT2D eigenvalue weighted by molar-refractivity contribution is 6.30. The predicted molar refractivity (Wildman–Crippen MR) is 94.2 cm³/mol. The van der Waals surface area contributed by atoms with Crippen molar-refractivity contribution in [3.8, 4) is 11.5 Å². The zero-order valence-corrected chi connectivity index (χ0v) is 14.1. The third kappa shape index (κ3) is 5.22. The number of halogens is 1. The fraction of sp³-hybridized carbons (Fsp3) is 0.118. The fourth-order valence-corrected chi connectivity index (χ4v) is 2.01. The fourth-order valence-electron chi connectivity index (χ4n) is 1.89. The number of para-hydroxylation sites is 1. The number of methoxy groups -OCH3 is 1. The summed E-state index contributed by atoms with van der Waals surface area (Å²) >= 11 is 5.74. The Kier molecular flexibility index (Phi) is 6.36. The summed E-state index contributed by atoms with van der Waals surface area (Å²) in [4.78, 5) is 23.5. The molecule has 7 nitrogen and oxygen atoms in total. The van der Waals surface area contributed by atoms with Crippen LogP contribution in [0.25, 0.3) is 0 Å². The van der Waals surface area contributed by atoms with Gasteiger partial charge in [-0.1, -0.05) is 17.7 Å². The van der Waals surface area contributed by atoms with Crippen molar-refractivity contribution in [2.75, 3.05) is 13.7 Å². The summed E-state index contributed by atoms with van der Waals surface area (Å²) in [6.45, 7) is -0.247. The van der Waals surface area contributed by atoms with Crippen LogP contribution in [-0.2, 0) is 4.79 Å². The minimum Gasteiger partial charge on any atom is -0.504 e. The van der Waals surface area contributed by atoms with Crippen LogP contribution < -0.4 is 15.5 Å². The number of carbonyl (C=O) groups excluding carboxylic acids is 2. The summed E-state index contributed by atoms with van der Waals surface area (Å²) in [5.41, 5.74) is 3.02. The van der Waals surface area contributed by atoms with Crippen molar-refractivity contribution in [1.82, 2.24) is 10.7 Å². The first-order valence-electron chi connectivity index (χ1n) is 7.23. The van der Waals surface area contributed by atoms with Gasteiger partial charge in [0.2, 0.25) is 0 Å². The van der Waals surface area contributed by atoms with Crippen LogP contribution in [0.4, 0.5) is 0 Å². The van der Waals surface area contributed by atoms with Crippen molar-refractivity contribution in [2.45, 2.75) is 0 Å². The van der Waals surface area contributed by atoms with Crippen LogP contribution >= 0.6 is 11.6 Å². The number of phenolic OH excluding ortho intramolecular Hbond substituents is 1. The number of benzene rings is 2. The third-order valence-corrected chi connectivity index (χ3v) is 3.41. The number of rotatable bonds is 6. The highest BCUT2D eigenvalue weighted by atomic mass is 35.5. The number of hydrazone groups is 1. The van der Waals surface area contributed by atoms with Crippen LogP contribution in [0.3, 0.4) is 0 Å². The first kappa shape index (κ1) is 18.3. The van der Waals surface area contributed by atoms with E-state index in [1.807, 2.05) is 0 Å². The first-order chi connectivity index (χ1) is 12.0. The van der Waals surface area contributed by atoms with Crippen LogP contribution in [0, 0.1) is 0 Å². The van der Waals surface area contributed by atoms with Gasteiger partial charge < -0.3 is 15.2 Å². The van der Waals surface area contributed by atoms with Crippen molar-refractivity contribution in [1.29, 1.82) is 0 Å². The Morgan fingerprint density at radius 2 is 1.96 bits per heavy atom. The molecule has 0 aromatic heterocycles. The van der Waals surface area contributed by atoms with Crippen LogP contribution in [0.2, 0.25) is 5.02 Å². The molecule has 3 N–H and O–H groups in total. The Morgan fingerprint density at radius 3 is 2.64 bits per heavy atom. The molecular formula is C17H16ClN3O4. The smallest absolute Gasteiger partial charge is 0.259 e. The number of ether oxygens (including phenoxy) is 1. The molecule has 0 saturated carbocycles. The Hall–Kier alpha value is -3.06. The van der Waals surface area contributed by atoms with E-state index >= 15 is 0 Å². The van der Waals surface area contributed by atoms with E-state index in [-0.39, 0.29) is 12.3 Å². The predicted octanol–water partition coefficient (Wildman–Crippen LogP) is 1.93. The van der Waals surface area contributed by atoms with E-state index in [0.717, 1.165) is 0 Å². The van der Waals surface area contributed by atoms with Crippen molar-refractivity contribution < 1.29 is 19.4 Å². The van der Waals surface area contributed by atoms with Gasteiger partial charge in [0, 0.05) is 16.1 Å². The van der Waals surface area contributed by atoms with Crippen molar-refractivity contribution in [2.24, 2.45) is 5.10 Å². The number of amides is 2. The molecule has 8 heteroatoms. The number of hydrogen-bond acceptors (Lipinski definition) is 5. The van der Waals surface area contributed by atoms with E-state index in [1.165, 1.54) is 13.3 Å². The van der Waals surface area contributed by atoms with E-state index in [2.05, 4.69) is 15.8 Å². The first-order valence-corrected chi connectivity index (χ1v) is 7.60. The van der Waals surface area contributed by atoms with E-state index in [1.54, 1.807) is 42.5 Å². The Labute approximate surface area is 149 Å². The number of phenols is 1. The second kappa shape index (κ2) is 8.70. The molecule has 2 amide bonds. The number of nitrogens with zero attached hydrogens (tertiary/aromatic N) is 1. The second-order valence-electron chi connectivity index (χ2n) is 4.88. The van der Waals surface area contributed by atoms with Gasteiger partial charge in [0.1, 0.15) is 0 Å². The summed E-state index contributed by atoms with van der Waals surface area (Å²) in [6.07, 6.45) is 1.27. The summed E-state index contributed by atoms with van der Waals surface area (Å²) < 4.78 is 4.97. The highest BCUT2D eigenvalue weighted by Crippen LogP contribution is 2.27. The Balaban J connectivity index is 1.84. The second-order valence-corrected chi connectivity index (χ2v) is 5.32. The molecule has 25 heavy (non-hydrogen) atoms. The molecule has 130 valence electrons. The molecule has 0 aliphatic rings. The van der Waals surface area contributed by atoms with Gasteiger partial charge in [0.15, 0.2) is 11.5 Å². The lowest BCUT2D eigenvalue weighted by atomic mass is 10.2. The van der Waals surface area contributed by atoms with E-state index in [0.29, 0.717) is 21.9 Å². The molecule has 0 radical (unpaired) electrons. The van der Waals surface area contributed by atoms with Gasteiger partial charge in [0.05, 0.1) is 19.9 Å². The zero-order valence-electron chi connectivity index (χ0n) is 13.3.